The SMILES string of the molecule is CC(C)(CO)NC(=O)CSc1ccc(Br)cc1. The Morgan fingerprint density at radius 3 is 2.53 bits per heavy atom. The second-order valence-electron chi connectivity index (χ2n) is 4.33. The lowest BCUT2D eigenvalue weighted by Crippen LogP contribution is -2.47. The second kappa shape index (κ2) is 6.42. The Morgan fingerprint density at radius 1 is 1.41 bits per heavy atom. The van der Waals surface area contributed by atoms with Gasteiger partial charge in [-0.05, 0) is 38.1 Å². The van der Waals surface area contributed by atoms with Crippen LogP contribution in [0.15, 0.2) is 33.6 Å². The first-order valence-electron chi connectivity index (χ1n) is 5.23. The maximum Gasteiger partial charge on any atom is 0.230 e. The van der Waals surface area contributed by atoms with E-state index in [0.29, 0.717) is 5.75 Å². The summed E-state index contributed by atoms with van der Waals surface area (Å²) < 4.78 is 1.02. The zero-order valence-electron chi connectivity index (χ0n) is 9.87. The highest BCUT2D eigenvalue weighted by Gasteiger charge is 2.18. The van der Waals surface area contributed by atoms with Crippen LogP contribution in [0.2, 0.25) is 0 Å². The highest BCUT2D eigenvalue weighted by Crippen LogP contribution is 2.20. The number of carbonyl (C=O) groups is 1. The summed E-state index contributed by atoms with van der Waals surface area (Å²) in [5, 5.41) is 11.8. The summed E-state index contributed by atoms with van der Waals surface area (Å²) >= 11 is 4.83. The van der Waals surface area contributed by atoms with Crippen molar-refractivity contribution >= 4 is 33.6 Å². The van der Waals surface area contributed by atoms with Gasteiger partial charge in [0.05, 0.1) is 17.9 Å². The lowest BCUT2D eigenvalue weighted by Gasteiger charge is -2.23. The van der Waals surface area contributed by atoms with Gasteiger partial charge in [0.1, 0.15) is 0 Å². The van der Waals surface area contributed by atoms with Crippen molar-refractivity contribution in [2.75, 3.05) is 12.4 Å². The van der Waals surface area contributed by atoms with Crippen molar-refractivity contribution in [3.63, 3.8) is 0 Å². The zero-order chi connectivity index (χ0) is 12.9. The Morgan fingerprint density at radius 2 is 2.00 bits per heavy atom. The van der Waals surface area contributed by atoms with Crippen molar-refractivity contribution in [2.24, 2.45) is 0 Å². The Hall–Kier alpha value is -0.520. The molecule has 94 valence electrons. The van der Waals surface area contributed by atoms with Crippen LogP contribution in [-0.4, -0.2) is 28.9 Å². The predicted octanol–water partition coefficient (Wildman–Crippen LogP) is 2.43. The topological polar surface area (TPSA) is 49.3 Å². The first-order valence-corrected chi connectivity index (χ1v) is 7.01. The number of halogens is 1. The molecule has 0 spiro atoms. The lowest BCUT2D eigenvalue weighted by atomic mass is 10.1. The summed E-state index contributed by atoms with van der Waals surface area (Å²) in [5.74, 6) is 0.280. The number of thioether (sulfide) groups is 1. The summed E-state index contributed by atoms with van der Waals surface area (Å²) in [6.07, 6.45) is 0. The minimum Gasteiger partial charge on any atom is -0.394 e. The van der Waals surface area contributed by atoms with E-state index in [1.54, 1.807) is 13.8 Å². The molecule has 0 radical (unpaired) electrons. The Labute approximate surface area is 114 Å². The molecule has 0 saturated carbocycles. The number of hydrogen-bond donors (Lipinski definition) is 2. The van der Waals surface area contributed by atoms with Gasteiger partial charge in [-0.2, -0.15) is 0 Å². The van der Waals surface area contributed by atoms with Crippen LogP contribution >= 0.6 is 27.7 Å². The first kappa shape index (κ1) is 14.5. The molecule has 0 aromatic heterocycles. The van der Waals surface area contributed by atoms with Gasteiger partial charge in [-0.15, -0.1) is 11.8 Å². The number of benzene rings is 1. The molecule has 0 aliphatic heterocycles. The van der Waals surface area contributed by atoms with Gasteiger partial charge in [0.15, 0.2) is 0 Å². The van der Waals surface area contributed by atoms with Crippen molar-refractivity contribution in [3.8, 4) is 0 Å². The fourth-order valence-corrected chi connectivity index (χ4v) is 2.10. The molecule has 1 amide bonds. The largest absolute Gasteiger partial charge is 0.394 e. The molecule has 0 bridgehead atoms. The molecule has 17 heavy (non-hydrogen) atoms. The third-order valence-corrected chi connectivity index (χ3v) is 3.60. The van der Waals surface area contributed by atoms with Crippen molar-refractivity contribution in [1.29, 1.82) is 0 Å². The zero-order valence-corrected chi connectivity index (χ0v) is 12.3. The molecule has 0 heterocycles. The van der Waals surface area contributed by atoms with Crippen LogP contribution in [0.5, 0.6) is 0 Å². The Bertz CT molecular complexity index is 379. The van der Waals surface area contributed by atoms with Crippen molar-refractivity contribution in [1.82, 2.24) is 5.32 Å². The number of rotatable bonds is 5. The van der Waals surface area contributed by atoms with Gasteiger partial charge < -0.3 is 10.4 Å². The predicted molar refractivity (Wildman–Crippen MR) is 74.2 cm³/mol. The van der Waals surface area contributed by atoms with Gasteiger partial charge >= 0.3 is 0 Å². The average molecular weight is 318 g/mol. The summed E-state index contributed by atoms with van der Waals surface area (Å²) in [7, 11) is 0. The minimum absolute atomic E-state index is 0.0678. The van der Waals surface area contributed by atoms with E-state index in [1.807, 2.05) is 24.3 Å². The molecule has 0 fully saturated rings. The van der Waals surface area contributed by atoms with E-state index in [-0.39, 0.29) is 12.5 Å². The lowest BCUT2D eigenvalue weighted by molar-refractivity contribution is -0.120. The molecule has 1 aromatic carbocycles. The fraction of sp³-hybridized carbons (Fsp3) is 0.417. The molecule has 0 unspecified atom stereocenters. The number of amides is 1. The van der Waals surface area contributed by atoms with Crippen LogP contribution in [0.4, 0.5) is 0 Å². The molecule has 1 aromatic rings. The monoisotopic (exact) mass is 317 g/mol. The molecular weight excluding hydrogens is 302 g/mol. The van der Waals surface area contributed by atoms with Crippen molar-refractivity contribution in [2.45, 2.75) is 24.3 Å². The molecule has 3 nitrogen and oxygen atoms in total. The molecule has 5 heteroatoms. The number of aliphatic hydroxyl groups excluding tert-OH is 1. The average Bonchev–Trinajstić information content (AvgIpc) is 2.28. The van der Waals surface area contributed by atoms with E-state index in [0.717, 1.165) is 9.37 Å². The summed E-state index contributed by atoms with van der Waals surface area (Å²) in [6.45, 7) is 3.51. The number of carbonyl (C=O) groups excluding carboxylic acids is 1. The van der Waals surface area contributed by atoms with Crippen LogP contribution in [0.3, 0.4) is 0 Å². The maximum absolute atomic E-state index is 11.6. The van der Waals surface area contributed by atoms with Gasteiger partial charge in [0, 0.05) is 9.37 Å². The molecule has 0 aliphatic rings. The van der Waals surface area contributed by atoms with Crippen molar-refractivity contribution < 1.29 is 9.90 Å². The second-order valence-corrected chi connectivity index (χ2v) is 6.30. The summed E-state index contributed by atoms with van der Waals surface area (Å²) in [4.78, 5) is 12.7. The van der Waals surface area contributed by atoms with E-state index >= 15 is 0 Å². The molecule has 0 aliphatic carbocycles. The van der Waals surface area contributed by atoms with Crippen LogP contribution < -0.4 is 5.32 Å². The molecule has 0 atom stereocenters. The van der Waals surface area contributed by atoms with Crippen LogP contribution in [0, 0.1) is 0 Å². The first-order chi connectivity index (χ1) is 7.93. The molecule has 0 saturated heterocycles. The highest BCUT2D eigenvalue weighted by atomic mass is 79.9. The van der Waals surface area contributed by atoms with Gasteiger partial charge in [-0.1, -0.05) is 15.9 Å². The molecule has 1 rings (SSSR count). The summed E-state index contributed by atoms with van der Waals surface area (Å²) in [5.41, 5.74) is -0.558. The third-order valence-electron chi connectivity index (χ3n) is 2.06. The third kappa shape index (κ3) is 5.57. The maximum atomic E-state index is 11.6. The number of aliphatic hydroxyl groups is 1. The van der Waals surface area contributed by atoms with Crippen LogP contribution in [-0.2, 0) is 4.79 Å². The normalized spacial score (nSPS) is 11.3. The van der Waals surface area contributed by atoms with E-state index in [9.17, 15) is 4.79 Å². The summed E-state index contributed by atoms with van der Waals surface area (Å²) in [6, 6.07) is 7.80. The fourth-order valence-electron chi connectivity index (χ4n) is 1.13. The molecule has 2 N–H and O–H groups in total. The quantitative estimate of drug-likeness (QED) is 0.820. The van der Waals surface area contributed by atoms with E-state index in [4.69, 9.17) is 5.11 Å². The smallest absolute Gasteiger partial charge is 0.230 e. The standard InChI is InChI=1S/C12H16BrNO2S/c1-12(2,8-15)14-11(16)7-17-10-5-3-9(13)4-6-10/h3-6,15H,7-8H2,1-2H3,(H,14,16). The van der Waals surface area contributed by atoms with E-state index < -0.39 is 5.54 Å². The van der Waals surface area contributed by atoms with Gasteiger partial charge in [-0.3, -0.25) is 4.79 Å². The van der Waals surface area contributed by atoms with Gasteiger partial charge in [0.2, 0.25) is 5.91 Å². The van der Waals surface area contributed by atoms with E-state index in [2.05, 4.69) is 21.2 Å². The van der Waals surface area contributed by atoms with Crippen molar-refractivity contribution in [3.05, 3.63) is 28.7 Å². The van der Waals surface area contributed by atoms with E-state index in [1.165, 1.54) is 11.8 Å². The van der Waals surface area contributed by atoms with Crippen LogP contribution in [0.1, 0.15) is 13.8 Å². The number of hydrogen-bond acceptors (Lipinski definition) is 3. The Balaban J connectivity index is 2.41. The van der Waals surface area contributed by atoms with Gasteiger partial charge in [0.25, 0.3) is 0 Å². The minimum atomic E-state index is -0.558. The number of nitrogens with one attached hydrogen (secondary N) is 1. The molecular formula is C12H16BrNO2S. The van der Waals surface area contributed by atoms with Gasteiger partial charge in [-0.25, -0.2) is 0 Å². The Kier molecular flexibility index (Phi) is 5.49. The highest BCUT2D eigenvalue weighted by molar-refractivity contribution is 9.10. The van der Waals surface area contributed by atoms with Crippen LogP contribution in [0.25, 0.3) is 0 Å².